The van der Waals surface area contributed by atoms with Crippen molar-refractivity contribution in [3.05, 3.63) is 11.4 Å². The van der Waals surface area contributed by atoms with Gasteiger partial charge in [-0.1, -0.05) is 13.8 Å². The minimum Gasteiger partial charge on any atom is -0.259 e. The zero-order valence-electron chi connectivity index (χ0n) is 9.74. The Bertz CT molecular complexity index is 423. The normalized spacial score (nSPS) is 28.3. The highest BCUT2D eigenvalue weighted by molar-refractivity contribution is 7.87. The number of fused-ring (bicyclic) bond motifs is 1. The second-order valence-corrected chi connectivity index (χ2v) is 7.05. The van der Waals surface area contributed by atoms with Crippen LogP contribution in [0, 0.1) is 5.41 Å². The van der Waals surface area contributed by atoms with Gasteiger partial charge in [0.25, 0.3) is 0 Å². The number of rotatable bonds is 0. The topological polar surface area (TPSA) is 40.6 Å². The van der Waals surface area contributed by atoms with Crippen molar-refractivity contribution < 1.29 is 8.42 Å². The molecule has 0 radical (unpaired) electrons. The van der Waals surface area contributed by atoms with Gasteiger partial charge in [0.05, 0.1) is 5.70 Å². The lowest BCUT2D eigenvalue weighted by Gasteiger charge is -2.36. The molecule has 1 saturated heterocycles. The Morgan fingerprint density at radius 3 is 2.53 bits per heavy atom. The maximum atomic E-state index is 12.0. The summed E-state index contributed by atoms with van der Waals surface area (Å²) in [5, 5.41) is 0. The van der Waals surface area contributed by atoms with Crippen molar-refractivity contribution in [1.82, 2.24) is 8.61 Å². The highest BCUT2D eigenvalue weighted by Crippen LogP contribution is 2.43. The van der Waals surface area contributed by atoms with Crippen molar-refractivity contribution in [3.8, 4) is 0 Å². The third-order valence-corrected chi connectivity index (χ3v) is 5.38. The van der Waals surface area contributed by atoms with Crippen molar-refractivity contribution in [2.24, 2.45) is 5.41 Å². The van der Waals surface area contributed by atoms with Crippen molar-refractivity contribution in [2.45, 2.75) is 33.6 Å². The molecule has 0 bridgehead atoms. The van der Waals surface area contributed by atoms with E-state index < -0.39 is 10.2 Å². The summed E-state index contributed by atoms with van der Waals surface area (Å²) < 4.78 is 26.9. The van der Waals surface area contributed by atoms with Gasteiger partial charge in [0, 0.05) is 19.3 Å². The molecule has 0 aliphatic carbocycles. The van der Waals surface area contributed by atoms with Crippen molar-refractivity contribution >= 4 is 10.2 Å². The molecule has 0 aromatic carbocycles. The molecule has 15 heavy (non-hydrogen) atoms. The lowest BCUT2D eigenvalue weighted by molar-refractivity contribution is 0.240. The second-order valence-electron chi connectivity index (χ2n) is 5.17. The van der Waals surface area contributed by atoms with Crippen LogP contribution in [0.2, 0.25) is 0 Å². The predicted molar refractivity (Wildman–Crippen MR) is 59.1 cm³/mol. The van der Waals surface area contributed by atoms with Crippen LogP contribution in [0.1, 0.15) is 33.6 Å². The van der Waals surface area contributed by atoms with Crippen LogP contribution in [0.5, 0.6) is 0 Å². The molecule has 0 amide bonds. The van der Waals surface area contributed by atoms with Gasteiger partial charge in [-0.05, 0) is 25.2 Å². The van der Waals surface area contributed by atoms with Crippen LogP contribution in [0.25, 0.3) is 0 Å². The third-order valence-electron chi connectivity index (χ3n) is 3.45. The van der Waals surface area contributed by atoms with Crippen molar-refractivity contribution in [2.75, 3.05) is 13.6 Å². The van der Waals surface area contributed by atoms with Crippen LogP contribution in [0.3, 0.4) is 0 Å². The number of piperidine rings is 1. The van der Waals surface area contributed by atoms with Gasteiger partial charge in [-0.25, -0.2) is 0 Å². The highest BCUT2D eigenvalue weighted by atomic mass is 32.2. The SMILES string of the molecule is CC1=C2CC(C)(C)CCN2S(=O)(=O)N1C. The van der Waals surface area contributed by atoms with Gasteiger partial charge < -0.3 is 0 Å². The molecule has 0 aromatic heterocycles. The molecule has 0 saturated carbocycles. The third kappa shape index (κ3) is 1.44. The van der Waals surface area contributed by atoms with E-state index in [2.05, 4.69) is 13.8 Å². The van der Waals surface area contributed by atoms with Crippen LogP contribution in [-0.4, -0.2) is 30.6 Å². The molecule has 86 valence electrons. The first-order chi connectivity index (χ1) is 6.76. The molecule has 4 nitrogen and oxygen atoms in total. The molecule has 2 aliphatic heterocycles. The number of hydrogen-bond acceptors (Lipinski definition) is 2. The minimum atomic E-state index is -3.23. The molecular formula is C10H18N2O2S. The Kier molecular flexibility index (Phi) is 2.09. The van der Waals surface area contributed by atoms with Crippen LogP contribution in [-0.2, 0) is 10.2 Å². The number of hydrogen-bond donors (Lipinski definition) is 0. The van der Waals surface area contributed by atoms with E-state index in [-0.39, 0.29) is 5.41 Å². The molecule has 0 aromatic rings. The molecule has 1 fully saturated rings. The fourth-order valence-corrected chi connectivity index (χ4v) is 3.78. The van der Waals surface area contributed by atoms with Gasteiger partial charge >= 0.3 is 10.2 Å². The number of nitrogens with zero attached hydrogens (tertiary/aromatic N) is 2. The summed E-state index contributed by atoms with van der Waals surface area (Å²) in [7, 11) is -1.60. The maximum Gasteiger partial charge on any atom is 0.325 e. The van der Waals surface area contributed by atoms with E-state index in [0.717, 1.165) is 24.2 Å². The Labute approximate surface area is 91.7 Å². The Morgan fingerprint density at radius 1 is 1.33 bits per heavy atom. The first-order valence-corrected chi connectivity index (χ1v) is 6.62. The standard InChI is InChI=1S/C10H18N2O2S/c1-8-9-7-10(2,3)5-6-12(9)15(13,14)11(8)4/h5-7H2,1-4H3. The quantitative estimate of drug-likeness (QED) is 0.633. The van der Waals surface area contributed by atoms with E-state index in [4.69, 9.17) is 0 Å². The van der Waals surface area contributed by atoms with E-state index in [1.54, 1.807) is 11.4 Å². The molecular weight excluding hydrogens is 212 g/mol. The largest absolute Gasteiger partial charge is 0.325 e. The van der Waals surface area contributed by atoms with Crippen LogP contribution < -0.4 is 0 Å². The maximum absolute atomic E-state index is 12.0. The summed E-state index contributed by atoms with van der Waals surface area (Å²) in [5.41, 5.74) is 2.07. The monoisotopic (exact) mass is 230 g/mol. The predicted octanol–water partition coefficient (Wildman–Crippen LogP) is 1.53. The fraction of sp³-hybridized carbons (Fsp3) is 0.800. The molecule has 5 heteroatoms. The average Bonchev–Trinajstić information content (AvgIpc) is 2.27. The molecule has 0 spiro atoms. The van der Waals surface area contributed by atoms with Crippen LogP contribution in [0.15, 0.2) is 11.4 Å². The van der Waals surface area contributed by atoms with Crippen molar-refractivity contribution in [1.29, 1.82) is 0 Å². The van der Waals surface area contributed by atoms with E-state index >= 15 is 0 Å². The smallest absolute Gasteiger partial charge is 0.259 e. The van der Waals surface area contributed by atoms with Crippen molar-refractivity contribution in [3.63, 3.8) is 0 Å². The molecule has 0 N–H and O–H groups in total. The van der Waals surface area contributed by atoms with Crippen LogP contribution >= 0.6 is 0 Å². The summed E-state index contributed by atoms with van der Waals surface area (Å²) in [6, 6.07) is 0. The van der Waals surface area contributed by atoms with Gasteiger partial charge in [-0.15, -0.1) is 0 Å². The first-order valence-electron chi connectivity index (χ1n) is 5.22. The average molecular weight is 230 g/mol. The van der Waals surface area contributed by atoms with E-state index in [0.29, 0.717) is 6.54 Å². The summed E-state index contributed by atoms with van der Waals surface area (Å²) in [6.07, 6.45) is 1.78. The van der Waals surface area contributed by atoms with Gasteiger partial charge in [-0.2, -0.15) is 8.42 Å². The number of allylic oxidation sites excluding steroid dienone is 2. The lowest BCUT2D eigenvalue weighted by Crippen LogP contribution is -2.39. The molecule has 2 aliphatic rings. The summed E-state index contributed by atoms with van der Waals surface area (Å²) >= 11 is 0. The van der Waals surface area contributed by atoms with E-state index in [9.17, 15) is 8.42 Å². The molecule has 0 atom stereocenters. The van der Waals surface area contributed by atoms with E-state index in [1.165, 1.54) is 4.31 Å². The van der Waals surface area contributed by atoms with Crippen LogP contribution in [0.4, 0.5) is 0 Å². The Morgan fingerprint density at radius 2 is 1.93 bits per heavy atom. The Balaban J connectivity index is 2.44. The lowest BCUT2D eigenvalue weighted by atomic mass is 9.81. The van der Waals surface area contributed by atoms with Gasteiger partial charge in [0.2, 0.25) is 0 Å². The zero-order chi connectivity index (χ0) is 11.4. The highest BCUT2D eigenvalue weighted by Gasteiger charge is 2.43. The second kappa shape index (κ2) is 2.90. The zero-order valence-corrected chi connectivity index (χ0v) is 10.6. The molecule has 0 unspecified atom stereocenters. The summed E-state index contributed by atoms with van der Waals surface area (Å²) in [6.45, 7) is 6.88. The fourth-order valence-electron chi connectivity index (χ4n) is 2.23. The summed E-state index contributed by atoms with van der Waals surface area (Å²) in [4.78, 5) is 0. The van der Waals surface area contributed by atoms with Gasteiger partial charge in [0.1, 0.15) is 0 Å². The van der Waals surface area contributed by atoms with Gasteiger partial charge in [-0.3, -0.25) is 8.61 Å². The minimum absolute atomic E-state index is 0.216. The van der Waals surface area contributed by atoms with Gasteiger partial charge in [0.15, 0.2) is 0 Å². The first kappa shape index (κ1) is 10.8. The Hall–Kier alpha value is -0.710. The van der Waals surface area contributed by atoms with E-state index in [1.807, 2.05) is 6.92 Å². The molecule has 2 heterocycles. The summed E-state index contributed by atoms with van der Waals surface area (Å²) in [5.74, 6) is 0. The molecule has 2 rings (SSSR count).